The van der Waals surface area contributed by atoms with E-state index in [9.17, 15) is 8.42 Å². The molecule has 122 valence electrons. The smallest absolute Gasteiger partial charge is 0.261 e. The first-order valence-electron chi connectivity index (χ1n) is 7.45. The number of hydrogen-bond acceptors (Lipinski definition) is 4. The van der Waals surface area contributed by atoms with E-state index in [0.717, 1.165) is 18.8 Å². The summed E-state index contributed by atoms with van der Waals surface area (Å²) in [4.78, 5) is 4.19. The highest BCUT2D eigenvalue weighted by atomic mass is 32.2. The average Bonchev–Trinajstić information content (AvgIpc) is 2.78. The second-order valence-electron chi connectivity index (χ2n) is 5.84. The Labute approximate surface area is 128 Å². The van der Waals surface area contributed by atoms with E-state index in [-0.39, 0.29) is 11.1 Å². The highest BCUT2D eigenvalue weighted by molar-refractivity contribution is 7.89. The lowest BCUT2D eigenvalue weighted by atomic mass is 10.0. The molecule has 1 rings (SSSR count). The molecule has 0 radical (unpaired) electrons. The van der Waals surface area contributed by atoms with Gasteiger partial charge in [-0.2, -0.15) is 4.31 Å². The zero-order valence-corrected chi connectivity index (χ0v) is 14.5. The minimum Gasteiger partial charge on any atom is -0.334 e. The van der Waals surface area contributed by atoms with Gasteiger partial charge in [0.05, 0.1) is 0 Å². The van der Waals surface area contributed by atoms with Crippen molar-refractivity contribution >= 4 is 10.0 Å². The number of imidazole rings is 1. The van der Waals surface area contributed by atoms with E-state index in [2.05, 4.69) is 4.98 Å². The summed E-state index contributed by atoms with van der Waals surface area (Å²) in [6, 6.07) is 0.00188. The highest BCUT2D eigenvalue weighted by Gasteiger charge is 2.25. The van der Waals surface area contributed by atoms with Crippen LogP contribution in [-0.2, 0) is 16.6 Å². The van der Waals surface area contributed by atoms with E-state index in [1.54, 1.807) is 13.2 Å². The molecule has 7 heteroatoms. The van der Waals surface area contributed by atoms with Crippen molar-refractivity contribution in [2.45, 2.75) is 58.1 Å². The van der Waals surface area contributed by atoms with Gasteiger partial charge >= 0.3 is 0 Å². The molecule has 0 spiro atoms. The Morgan fingerprint density at radius 3 is 2.57 bits per heavy atom. The first-order chi connectivity index (χ1) is 9.70. The first-order valence-corrected chi connectivity index (χ1v) is 8.89. The van der Waals surface area contributed by atoms with Gasteiger partial charge in [-0.3, -0.25) is 0 Å². The summed E-state index contributed by atoms with van der Waals surface area (Å²) in [5.74, 6) is 1.06. The molecular weight excluding hydrogens is 288 g/mol. The molecule has 0 aliphatic carbocycles. The van der Waals surface area contributed by atoms with Crippen molar-refractivity contribution in [2.75, 3.05) is 13.6 Å². The van der Waals surface area contributed by atoms with Crippen molar-refractivity contribution in [2.24, 2.45) is 11.7 Å². The van der Waals surface area contributed by atoms with Gasteiger partial charge in [-0.15, -0.1) is 0 Å². The van der Waals surface area contributed by atoms with Crippen LogP contribution >= 0.6 is 0 Å². The fraction of sp³-hybridized carbons (Fsp3) is 0.786. The molecule has 1 aromatic rings. The SMILES string of the molecule is CCCn1cc(S(=O)(=O)N(C)CCC(N)C(C)C)nc1C. The number of sulfonamides is 1. The largest absolute Gasteiger partial charge is 0.334 e. The van der Waals surface area contributed by atoms with E-state index < -0.39 is 10.0 Å². The molecule has 1 unspecified atom stereocenters. The summed E-state index contributed by atoms with van der Waals surface area (Å²) in [7, 11) is -1.95. The average molecular weight is 316 g/mol. The molecule has 0 aliphatic rings. The summed E-state index contributed by atoms with van der Waals surface area (Å²) in [6.07, 6.45) is 3.20. The maximum absolute atomic E-state index is 12.5. The lowest BCUT2D eigenvalue weighted by Gasteiger charge is -2.20. The Kier molecular flexibility index (Phi) is 6.37. The van der Waals surface area contributed by atoms with Crippen LogP contribution in [0.3, 0.4) is 0 Å². The predicted molar refractivity (Wildman–Crippen MR) is 84.5 cm³/mol. The van der Waals surface area contributed by atoms with Gasteiger partial charge in [0.15, 0.2) is 5.03 Å². The second-order valence-corrected chi connectivity index (χ2v) is 7.83. The zero-order valence-electron chi connectivity index (χ0n) is 13.7. The van der Waals surface area contributed by atoms with E-state index in [4.69, 9.17) is 5.73 Å². The summed E-state index contributed by atoms with van der Waals surface area (Å²) in [6.45, 7) is 9.12. The minimum atomic E-state index is -3.53. The molecule has 0 saturated heterocycles. The van der Waals surface area contributed by atoms with Crippen LogP contribution in [-0.4, -0.2) is 41.9 Å². The molecule has 0 saturated carbocycles. The van der Waals surface area contributed by atoms with Gasteiger partial charge in [-0.05, 0) is 25.7 Å². The standard InChI is InChI=1S/C14H28N4O2S/c1-6-8-18-10-14(16-12(18)4)21(19,20)17(5)9-7-13(15)11(2)3/h10-11,13H,6-9,15H2,1-5H3. The van der Waals surface area contributed by atoms with E-state index >= 15 is 0 Å². The molecule has 2 N–H and O–H groups in total. The van der Waals surface area contributed by atoms with Crippen molar-refractivity contribution < 1.29 is 8.42 Å². The molecule has 0 amide bonds. The van der Waals surface area contributed by atoms with Crippen LogP contribution in [0.1, 0.15) is 39.4 Å². The summed E-state index contributed by atoms with van der Waals surface area (Å²) >= 11 is 0. The predicted octanol–water partition coefficient (Wildman–Crippen LogP) is 1.60. The van der Waals surface area contributed by atoms with Crippen LogP contribution in [0, 0.1) is 12.8 Å². The van der Waals surface area contributed by atoms with Gasteiger partial charge < -0.3 is 10.3 Å². The number of hydrogen-bond donors (Lipinski definition) is 1. The van der Waals surface area contributed by atoms with Crippen LogP contribution in [0.15, 0.2) is 11.2 Å². The molecular formula is C14H28N4O2S. The monoisotopic (exact) mass is 316 g/mol. The third-order valence-corrected chi connectivity index (χ3v) is 5.46. The van der Waals surface area contributed by atoms with Gasteiger partial charge in [0.1, 0.15) is 5.82 Å². The number of aromatic nitrogens is 2. The van der Waals surface area contributed by atoms with Crippen molar-refractivity contribution in [1.29, 1.82) is 0 Å². The third kappa shape index (κ3) is 4.52. The maximum atomic E-state index is 12.5. The number of rotatable bonds is 8. The van der Waals surface area contributed by atoms with Crippen LogP contribution in [0.4, 0.5) is 0 Å². The molecule has 0 aliphatic heterocycles. The molecule has 0 aromatic carbocycles. The van der Waals surface area contributed by atoms with Gasteiger partial charge in [-0.1, -0.05) is 20.8 Å². The zero-order chi connectivity index (χ0) is 16.2. The Bertz CT molecular complexity index is 551. The highest BCUT2D eigenvalue weighted by Crippen LogP contribution is 2.15. The maximum Gasteiger partial charge on any atom is 0.261 e. The van der Waals surface area contributed by atoms with E-state index in [1.807, 2.05) is 32.3 Å². The third-order valence-electron chi connectivity index (χ3n) is 3.73. The minimum absolute atomic E-state index is 0.00188. The molecule has 1 heterocycles. The molecule has 6 nitrogen and oxygen atoms in total. The molecule has 21 heavy (non-hydrogen) atoms. The van der Waals surface area contributed by atoms with Gasteiger partial charge in [0.2, 0.25) is 0 Å². The molecule has 0 bridgehead atoms. The van der Waals surface area contributed by atoms with Gasteiger partial charge in [0.25, 0.3) is 10.0 Å². The summed E-state index contributed by atoms with van der Waals surface area (Å²) < 4.78 is 28.2. The van der Waals surface area contributed by atoms with Crippen LogP contribution < -0.4 is 5.73 Å². The number of nitrogens with two attached hydrogens (primary N) is 1. The molecule has 0 fully saturated rings. The molecule has 1 aromatic heterocycles. The summed E-state index contributed by atoms with van der Waals surface area (Å²) in [5, 5.41) is 0.120. The Balaban J connectivity index is 2.82. The lowest BCUT2D eigenvalue weighted by molar-refractivity contribution is 0.396. The van der Waals surface area contributed by atoms with E-state index in [0.29, 0.717) is 18.9 Å². The number of nitrogens with zero attached hydrogens (tertiary/aromatic N) is 3. The second kappa shape index (κ2) is 7.38. The first kappa shape index (κ1) is 18.1. The Hall–Kier alpha value is -0.920. The van der Waals surface area contributed by atoms with Crippen LogP contribution in [0.25, 0.3) is 0 Å². The van der Waals surface area contributed by atoms with Crippen molar-refractivity contribution in [3.05, 3.63) is 12.0 Å². The number of aryl methyl sites for hydroxylation is 2. The van der Waals surface area contributed by atoms with Crippen LogP contribution in [0.2, 0.25) is 0 Å². The topological polar surface area (TPSA) is 81.2 Å². The summed E-state index contributed by atoms with van der Waals surface area (Å²) in [5.41, 5.74) is 5.97. The fourth-order valence-corrected chi connectivity index (χ4v) is 3.19. The van der Waals surface area contributed by atoms with E-state index in [1.165, 1.54) is 4.31 Å². The van der Waals surface area contributed by atoms with Gasteiger partial charge in [0, 0.05) is 32.4 Å². The van der Waals surface area contributed by atoms with Gasteiger partial charge in [-0.25, -0.2) is 13.4 Å². The normalized spacial score (nSPS) is 14.1. The lowest BCUT2D eigenvalue weighted by Crippen LogP contribution is -2.34. The van der Waals surface area contributed by atoms with Crippen molar-refractivity contribution in [3.63, 3.8) is 0 Å². The van der Waals surface area contributed by atoms with Crippen LogP contribution in [0.5, 0.6) is 0 Å². The van der Waals surface area contributed by atoms with Crippen molar-refractivity contribution in [3.8, 4) is 0 Å². The Morgan fingerprint density at radius 2 is 2.05 bits per heavy atom. The Morgan fingerprint density at radius 1 is 1.43 bits per heavy atom. The molecule has 1 atom stereocenters. The fourth-order valence-electron chi connectivity index (χ4n) is 2.01. The quantitative estimate of drug-likeness (QED) is 0.790. The van der Waals surface area contributed by atoms with Crippen molar-refractivity contribution in [1.82, 2.24) is 13.9 Å².